The van der Waals surface area contributed by atoms with Crippen LogP contribution in [0.4, 0.5) is 0 Å². The topological polar surface area (TPSA) is 63.6 Å². The fourth-order valence-electron chi connectivity index (χ4n) is 4.57. The molecule has 1 heterocycles. The van der Waals surface area contributed by atoms with Crippen molar-refractivity contribution in [3.05, 3.63) is 12.2 Å². The molecular weight excluding hydrogens is 244 g/mol. The highest BCUT2D eigenvalue weighted by Gasteiger charge is 2.60. The lowest BCUT2D eigenvalue weighted by Crippen LogP contribution is -2.44. The highest BCUT2D eigenvalue weighted by molar-refractivity contribution is 5.73. The Hall–Kier alpha value is -1.32. The zero-order chi connectivity index (χ0) is 13.7. The highest BCUT2D eigenvalue weighted by Crippen LogP contribution is 2.65. The van der Waals surface area contributed by atoms with Gasteiger partial charge in [0.1, 0.15) is 0 Å². The molecule has 2 fully saturated rings. The summed E-state index contributed by atoms with van der Waals surface area (Å²) in [5, 5.41) is 9.33. The van der Waals surface area contributed by atoms with Gasteiger partial charge in [0.25, 0.3) is 0 Å². The van der Waals surface area contributed by atoms with Crippen molar-refractivity contribution in [2.24, 2.45) is 22.7 Å². The minimum absolute atomic E-state index is 0.0994. The van der Waals surface area contributed by atoms with Gasteiger partial charge in [0.2, 0.25) is 0 Å². The summed E-state index contributed by atoms with van der Waals surface area (Å²) in [5.74, 6) is -0.941. The first-order valence-electron chi connectivity index (χ1n) is 7.10. The van der Waals surface area contributed by atoms with Crippen molar-refractivity contribution in [2.45, 2.75) is 39.0 Å². The van der Waals surface area contributed by atoms with E-state index in [2.05, 4.69) is 19.1 Å². The molecule has 0 aromatic heterocycles. The Kier molecular flexibility index (Phi) is 2.73. The molecule has 2 aliphatic carbocycles. The maximum absolute atomic E-state index is 11.7. The minimum atomic E-state index is -0.694. The van der Waals surface area contributed by atoms with Crippen molar-refractivity contribution >= 4 is 11.9 Å². The number of carboxylic acids is 1. The van der Waals surface area contributed by atoms with Gasteiger partial charge in [-0.2, -0.15) is 0 Å². The second kappa shape index (κ2) is 4.09. The molecule has 4 nitrogen and oxygen atoms in total. The minimum Gasteiger partial charge on any atom is -0.481 e. The van der Waals surface area contributed by atoms with E-state index < -0.39 is 5.97 Å². The molecule has 4 atom stereocenters. The molecule has 3 rings (SSSR count). The molecule has 0 spiro atoms. The zero-order valence-electron chi connectivity index (χ0n) is 11.2. The van der Waals surface area contributed by atoms with E-state index in [1.165, 1.54) is 0 Å². The van der Waals surface area contributed by atoms with Gasteiger partial charge in [0, 0.05) is 0 Å². The molecule has 1 saturated heterocycles. The lowest BCUT2D eigenvalue weighted by atomic mass is 9.57. The summed E-state index contributed by atoms with van der Waals surface area (Å²) in [6, 6.07) is 0. The Labute approximate surface area is 112 Å². The molecule has 19 heavy (non-hydrogen) atoms. The smallest absolute Gasteiger partial charge is 0.307 e. The predicted octanol–water partition coefficient (Wildman–Crippen LogP) is 2.39. The Bertz CT molecular complexity index is 455. The second-order valence-corrected chi connectivity index (χ2v) is 6.31. The molecule has 3 aliphatic rings. The number of aliphatic carboxylic acids is 1. The average Bonchev–Trinajstić information content (AvgIpc) is 2.98. The fourth-order valence-corrected chi connectivity index (χ4v) is 4.57. The molecule has 104 valence electrons. The van der Waals surface area contributed by atoms with Gasteiger partial charge in [0.15, 0.2) is 0 Å². The predicted molar refractivity (Wildman–Crippen MR) is 68.3 cm³/mol. The van der Waals surface area contributed by atoms with E-state index >= 15 is 0 Å². The van der Waals surface area contributed by atoms with Crippen molar-refractivity contribution in [2.75, 3.05) is 6.61 Å². The summed E-state index contributed by atoms with van der Waals surface area (Å²) in [7, 11) is 0. The second-order valence-electron chi connectivity index (χ2n) is 6.31. The number of cyclic esters (lactones) is 1. The molecule has 1 aliphatic heterocycles. The Balaban J connectivity index is 1.94. The molecule has 1 saturated carbocycles. The maximum Gasteiger partial charge on any atom is 0.307 e. The monoisotopic (exact) mass is 264 g/mol. The van der Waals surface area contributed by atoms with Crippen molar-refractivity contribution in [3.8, 4) is 0 Å². The van der Waals surface area contributed by atoms with Gasteiger partial charge < -0.3 is 9.84 Å². The first kappa shape index (κ1) is 12.7. The maximum atomic E-state index is 11.7. The summed E-state index contributed by atoms with van der Waals surface area (Å²) < 4.78 is 5.09. The lowest BCUT2D eigenvalue weighted by Gasteiger charge is -2.48. The molecule has 0 radical (unpaired) electrons. The van der Waals surface area contributed by atoms with E-state index in [1.54, 1.807) is 0 Å². The summed E-state index contributed by atoms with van der Waals surface area (Å²) in [5.41, 5.74) is -0.202. The highest BCUT2D eigenvalue weighted by atomic mass is 16.5. The van der Waals surface area contributed by atoms with Gasteiger partial charge in [-0.1, -0.05) is 19.1 Å². The summed E-state index contributed by atoms with van der Waals surface area (Å²) >= 11 is 0. The van der Waals surface area contributed by atoms with E-state index in [4.69, 9.17) is 4.74 Å². The Morgan fingerprint density at radius 3 is 2.89 bits per heavy atom. The quantitative estimate of drug-likeness (QED) is 0.628. The number of hydrogen-bond donors (Lipinski definition) is 1. The number of esters is 1. The number of fused-ring (bicyclic) bond motifs is 2. The van der Waals surface area contributed by atoms with Gasteiger partial charge >= 0.3 is 11.9 Å². The molecular formula is C15H20O4. The van der Waals surface area contributed by atoms with E-state index in [-0.39, 0.29) is 28.6 Å². The van der Waals surface area contributed by atoms with Crippen LogP contribution in [-0.2, 0) is 14.3 Å². The normalized spacial score (nSPS) is 44.4. The van der Waals surface area contributed by atoms with Crippen LogP contribution in [0.25, 0.3) is 0 Å². The van der Waals surface area contributed by atoms with E-state index in [0.29, 0.717) is 19.4 Å². The first-order valence-corrected chi connectivity index (χ1v) is 7.10. The standard InChI is InChI=1S/C15H20O4/c1-2-14(5-6-19-12(16)9-14)15-4-3-10(7-15)11(8-15)13(17)18/h3-4,10-11H,2,5-9H2,1H3,(H,17,18). The van der Waals surface area contributed by atoms with Gasteiger partial charge in [-0.05, 0) is 42.4 Å². The number of carboxylic acid groups (broad SMARTS) is 1. The van der Waals surface area contributed by atoms with Crippen LogP contribution in [0.15, 0.2) is 12.2 Å². The van der Waals surface area contributed by atoms with Crippen molar-refractivity contribution in [1.29, 1.82) is 0 Å². The zero-order valence-corrected chi connectivity index (χ0v) is 11.2. The molecule has 0 amide bonds. The van der Waals surface area contributed by atoms with E-state index in [9.17, 15) is 14.7 Å². The number of carbonyl (C=O) groups excluding carboxylic acids is 1. The molecule has 0 aromatic rings. The van der Waals surface area contributed by atoms with Crippen LogP contribution in [0.5, 0.6) is 0 Å². The number of allylic oxidation sites excluding steroid dienone is 2. The summed E-state index contributed by atoms with van der Waals surface area (Å²) in [6.07, 6.45) is 8.06. The van der Waals surface area contributed by atoms with Crippen LogP contribution in [0.1, 0.15) is 39.0 Å². The largest absolute Gasteiger partial charge is 0.481 e. The number of hydrogen-bond acceptors (Lipinski definition) is 3. The third kappa shape index (κ3) is 1.65. The van der Waals surface area contributed by atoms with Crippen LogP contribution in [0, 0.1) is 22.7 Å². The van der Waals surface area contributed by atoms with Crippen LogP contribution in [0.3, 0.4) is 0 Å². The third-order valence-corrected chi connectivity index (χ3v) is 5.74. The van der Waals surface area contributed by atoms with Crippen molar-refractivity contribution in [1.82, 2.24) is 0 Å². The van der Waals surface area contributed by atoms with Gasteiger partial charge in [-0.25, -0.2) is 0 Å². The molecule has 2 bridgehead atoms. The Morgan fingerprint density at radius 1 is 1.53 bits per heavy atom. The fraction of sp³-hybridized carbons (Fsp3) is 0.733. The lowest BCUT2D eigenvalue weighted by molar-refractivity contribution is -0.158. The van der Waals surface area contributed by atoms with Crippen LogP contribution >= 0.6 is 0 Å². The number of carbonyl (C=O) groups is 2. The van der Waals surface area contributed by atoms with Crippen molar-refractivity contribution < 1.29 is 19.4 Å². The summed E-state index contributed by atoms with van der Waals surface area (Å²) in [4.78, 5) is 23.1. The first-order chi connectivity index (χ1) is 9.02. The molecule has 1 N–H and O–H groups in total. The molecule has 0 aromatic carbocycles. The number of rotatable bonds is 3. The van der Waals surface area contributed by atoms with Crippen molar-refractivity contribution in [3.63, 3.8) is 0 Å². The number of ether oxygens (including phenoxy) is 1. The third-order valence-electron chi connectivity index (χ3n) is 5.74. The Morgan fingerprint density at radius 2 is 2.32 bits per heavy atom. The van der Waals surface area contributed by atoms with Gasteiger partial charge in [-0.3, -0.25) is 9.59 Å². The van der Waals surface area contributed by atoms with Crippen LogP contribution < -0.4 is 0 Å². The van der Waals surface area contributed by atoms with E-state index in [1.807, 2.05) is 0 Å². The van der Waals surface area contributed by atoms with Crippen LogP contribution in [-0.4, -0.2) is 23.7 Å². The van der Waals surface area contributed by atoms with Gasteiger partial charge in [0.05, 0.1) is 18.9 Å². The molecule has 4 heteroatoms. The SMILES string of the molecule is CCC1(C23C=CC(C2)C(C(=O)O)C3)CCOC(=O)C1. The average molecular weight is 264 g/mol. The molecule has 4 unspecified atom stereocenters. The van der Waals surface area contributed by atoms with Gasteiger partial charge in [-0.15, -0.1) is 0 Å². The van der Waals surface area contributed by atoms with E-state index in [0.717, 1.165) is 19.3 Å². The summed E-state index contributed by atoms with van der Waals surface area (Å²) in [6.45, 7) is 2.59. The van der Waals surface area contributed by atoms with Crippen LogP contribution in [0.2, 0.25) is 0 Å².